The number of hydrogen-bond donors (Lipinski definition) is 0. The number of benzene rings is 2. The smallest absolute Gasteiger partial charge is 0.159 e. The Balaban J connectivity index is 1.72. The topological polar surface area (TPSA) is 52.3 Å². The summed E-state index contributed by atoms with van der Waals surface area (Å²) in [6, 6.07) is 24.6. The van der Waals surface area contributed by atoms with Crippen LogP contribution < -0.4 is 4.74 Å². The van der Waals surface area contributed by atoms with Crippen LogP contribution in [0.25, 0.3) is 11.1 Å². The van der Waals surface area contributed by atoms with E-state index in [2.05, 4.69) is 59.1 Å². The molecule has 0 unspecified atom stereocenters. The van der Waals surface area contributed by atoms with E-state index in [9.17, 15) is 0 Å². The number of aromatic nitrogens is 3. The van der Waals surface area contributed by atoms with Crippen LogP contribution in [0.15, 0.2) is 84.0 Å². The molecule has 0 spiro atoms. The first-order valence-electron chi connectivity index (χ1n) is 10.6. The number of pyridine rings is 1. The number of ether oxygens (including phenoxy) is 1. The van der Waals surface area contributed by atoms with Gasteiger partial charge in [0.25, 0.3) is 0 Å². The summed E-state index contributed by atoms with van der Waals surface area (Å²) in [5.41, 5.74) is 6.41. The van der Waals surface area contributed by atoms with Crippen LogP contribution in [0, 0.1) is 0 Å². The fraction of sp³-hybridized carbons (Fsp3) is 0.192. The molecule has 0 saturated heterocycles. The highest BCUT2D eigenvalue weighted by Crippen LogP contribution is 2.42. The van der Waals surface area contributed by atoms with Gasteiger partial charge < -0.3 is 4.74 Å². The Morgan fingerprint density at radius 1 is 0.935 bits per heavy atom. The highest BCUT2D eigenvalue weighted by Gasteiger charge is 2.30. The van der Waals surface area contributed by atoms with Crippen molar-refractivity contribution in [1.82, 2.24) is 14.8 Å². The van der Waals surface area contributed by atoms with E-state index in [4.69, 9.17) is 14.8 Å². The lowest BCUT2D eigenvalue weighted by molar-refractivity contribution is 0.415. The van der Waals surface area contributed by atoms with Crippen LogP contribution in [0.5, 0.6) is 5.75 Å². The van der Waals surface area contributed by atoms with Crippen molar-refractivity contribution >= 4 is 11.5 Å². The Hall–Kier alpha value is -3.73. The van der Waals surface area contributed by atoms with Crippen molar-refractivity contribution in [2.24, 2.45) is 4.99 Å². The van der Waals surface area contributed by atoms with Crippen molar-refractivity contribution < 1.29 is 4.74 Å². The van der Waals surface area contributed by atoms with Crippen molar-refractivity contribution in [2.45, 2.75) is 25.8 Å². The van der Waals surface area contributed by atoms with Crippen molar-refractivity contribution in [3.05, 3.63) is 95.9 Å². The molecular formula is C26H24N4O. The zero-order valence-electron chi connectivity index (χ0n) is 17.7. The predicted molar refractivity (Wildman–Crippen MR) is 123 cm³/mol. The molecule has 5 heteroatoms. The molecular weight excluding hydrogens is 384 g/mol. The van der Waals surface area contributed by atoms with E-state index in [0.717, 1.165) is 58.2 Å². The van der Waals surface area contributed by atoms with Gasteiger partial charge in [0.05, 0.1) is 24.2 Å². The Kier molecular flexibility index (Phi) is 5.08. The normalized spacial score (nSPS) is 15.3. The van der Waals surface area contributed by atoms with Crippen LogP contribution in [-0.2, 0) is 6.42 Å². The number of fused-ring (bicyclic) bond motifs is 1. The monoisotopic (exact) mass is 408 g/mol. The fourth-order valence-corrected chi connectivity index (χ4v) is 4.16. The summed E-state index contributed by atoms with van der Waals surface area (Å²) < 4.78 is 7.41. The number of hydrogen-bond acceptors (Lipinski definition) is 4. The Morgan fingerprint density at radius 2 is 1.71 bits per heavy atom. The van der Waals surface area contributed by atoms with Crippen LogP contribution in [0.3, 0.4) is 0 Å². The summed E-state index contributed by atoms with van der Waals surface area (Å²) in [6.45, 7) is 2.14. The van der Waals surface area contributed by atoms with E-state index >= 15 is 0 Å². The molecule has 1 atom stereocenters. The van der Waals surface area contributed by atoms with E-state index in [1.165, 1.54) is 0 Å². The summed E-state index contributed by atoms with van der Waals surface area (Å²) in [5, 5.41) is 5.01. The summed E-state index contributed by atoms with van der Waals surface area (Å²) in [6.07, 6.45) is 3.42. The summed E-state index contributed by atoms with van der Waals surface area (Å²) >= 11 is 0. The third kappa shape index (κ3) is 3.52. The van der Waals surface area contributed by atoms with Crippen LogP contribution in [-0.4, -0.2) is 27.6 Å². The molecule has 4 aromatic rings. The van der Waals surface area contributed by atoms with Gasteiger partial charge in [-0.15, -0.1) is 0 Å². The average molecular weight is 409 g/mol. The number of methoxy groups -OCH3 is 1. The Morgan fingerprint density at radius 3 is 2.39 bits per heavy atom. The molecule has 154 valence electrons. The molecule has 2 aromatic heterocycles. The first-order valence-corrected chi connectivity index (χ1v) is 10.6. The van der Waals surface area contributed by atoms with E-state index < -0.39 is 0 Å². The summed E-state index contributed by atoms with van der Waals surface area (Å²) in [4.78, 5) is 9.79. The summed E-state index contributed by atoms with van der Waals surface area (Å²) in [5.74, 6) is 1.73. The van der Waals surface area contributed by atoms with Gasteiger partial charge in [0.2, 0.25) is 0 Å². The molecule has 0 radical (unpaired) electrons. The van der Waals surface area contributed by atoms with Gasteiger partial charge in [0.15, 0.2) is 5.82 Å². The number of rotatable bonds is 5. The zero-order valence-corrected chi connectivity index (χ0v) is 17.7. The molecule has 0 saturated carbocycles. The van der Waals surface area contributed by atoms with Gasteiger partial charge in [-0.1, -0.05) is 55.5 Å². The van der Waals surface area contributed by atoms with Gasteiger partial charge in [0.1, 0.15) is 11.8 Å². The molecule has 31 heavy (non-hydrogen) atoms. The van der Waals surface area contributed by atoms with Gasteiger partial charge in [-0.25, -0.2) is 9.67 Å². The molecule has 0 N–H and O–H groups in total. The molecule has 0 amide bonds. The molecule has 0 fully saturated rings. The second-order valence-corrected chi connectivity index (χ2v) is 7.57. The molecule has 1 aliphatic heterocycles. The highest BCUT2D eigenvalue weighted by molar-refractivity contribution is 6.04. The van der Waals surface area contributed by atoms with Gasteiger partial charge in [-0.05, 0) is 41.8 Å². The van der Waals surface area contributed by atoms with Gasteiger partial charge in [-0.3, -0.25) is 4.98 Å². The van der Waals surface area contributed by atoms with E-state index in [1.54, 1.807) is 7.11 Å². The van der Waals surface area contributed by atoms with Gasteiger partial charge in [0, 0.05) is 18.2 Å². The fourth-order valence-electron chi connectivity index (χ4n) is 4.16. The lowest BCUT2D eigenvalue weighted by atomic mass is 9.97. The highest BCUT2D eigenvalue weighted by atomic mass is 16.5. The van der Waals surface area contributed by atoms with Crippen molar-refractivity contribution in [3.8, 4) is 16.9 Å². The second-order valence-electron chi connectivity index (χ2n) is 7.57. The largest absolute Gasteiger partial charge is 0.497 e. The SMILES string of the molecule is CCc1nn2c(c1-c1ccc(OC)cc1)N=C(c1ccccc1)C[C@H]2c1ccccn1. The summed E-state index contributed by atoms with van der Waals surface area (Å²) in [7, 11) is 1.68. The van der Waals surface area contributed by atoms with Crippen molar-refractivity contribution in [1.29, 1.82) is 0 Å². The molecule has 3 heterocycles. The molecule has 5 rings (SSSR count). The molecule has 2 aromatic carbocycles. The minimum atomic E-state index is 0.00112. The quantitative estimate of drug-likeness (QED) is 0.430. The zero-order chi connectivity index (χ0) is 21.2. The third-order valence-corrected chi connectivity index (χ3v) is 5.73. The minimum absolute atomic E-state index is 0.00112. The van der Waals surface area contributed by atoms with Crippen LogP contribution in [0.1, 0.15) is 36.3 Å². The Labute approximate surface area is 182 Å². The Bertz CT molecular complexity index is 1210. The van der Waals surface area contributed by atoms with Crippen LogP contribution >= 0.6 is 0 Å². The van der Waals surface area contributed by atoms with Crippen LogP contribution in [0.4, 0.5) is 5.82 Å². The maximum Gasteiger partial charge on any atom is 0.159 e. The first-order chi connectivity index (χ1) is 15.3. The van der Waals surface area contributed by atoms with Crippen molar-refractivity contribution in [3.63, 3.8) is 0 Å². The molecule has 0 aliphatic carbocycles. The van der Waals surface area contributed by atoms with E-state index in [0.29, 0.717) is 0 Å². The van der Waals surface area contributed by atoms with Crippen molar-refractivity contribution in [2.75, 3.05) is 7.11 Å². The maximum atomic E-state index is 5.35. The molecule has 5 nitrogen and oxygen atoms in total. The average Bonchev–Trinajstić information content (AvgIpc) is 3.23. The number of nitrogens with zero attached hydrogens (tertiary/aromatic N) is 4. The lowest BCUT2D eigenvalue weighted by Gasteiger charge is -2.24. The van der Waals surface area contributed by atoms with E-state index in [-0.39, 0.29) is 6.04 Å². The van der Waals surface area contributed by atoms with Gasteiger partial charge >= 0.3 is 0 Å². The molecule has 1 aliphatic rings. The second kappa shape index (κ2) is 8.19. The minimum Gasteiger partial charge on any atom is -0.497 e. The maximum absolute atomic E-state index is 5.35. The van der Waals surface area contributed by atoms with E-state index in [1.807, 2.05) is 36.5 Å². The predicted octanol–water partition coefficient (Wildman–Crippen LogP) is 5.63. The molecule has 0 bridgehead atoms. The lowest BCUT2D eigenvalue weighted by Crippen LogP contribution is -2.22. The number of aliphatic imine (C=N–C) groups is 1. The first kappa shape index (κ1) is 19.2. The van der Waals surface area contributed by atoms with Crippen LogP contribution in [0.2, 0.25) is 0 Å². The van der Waals surface area contributed by atoms with Gasteiger partial charge in [-0.2, -0.15) is 5.10 Å². The third-order valence-electron chi connectivity index (χ3n) is 5.73. The number of aryl methyl sites for hydroxylation is 1. The standard InChI is InChI=1S/C26H24N4O/c1-3-21-25(19-12-14-20(31-2)15-13-19)26-28-23(18-9-5-4-6-10-18)17-24(30(26)29-21)22-11-7-8-16-27-22/h4-16,24H,3,17H2,1-2H3/t24-/m0/s1.